The SMILES string of the molecule is C=C(C)c1sccc1[Si]c1ccsc1C(=C)C. The molecule has 0 spiro atoms. The smallest absolute Gasteiger partial charge is 0.125 e. The lowest BCUT2D eigenvalue weighted by atomic mass is 10.3. The van der Waals surface area contributed by atoms with E-state index in [0.717, 1.165) is 11.1 Å². The third-order valence-electron chi connectivity index (χ3n) is 2.38. The molecule has 86 valence electrons. The average molecular weight is 274 g/mol. The van der Waals surface area contributed by atoms with Crippen LogP contribution in [0, 0.1) is 0 Å². The Morgan fingerprint density at radius 3 is 1.71 bits per heavy atom. The summed E-state index contributed by atoms with van der Waals surface area (Å²) in [6.45, 7) is 12.2. The highest BCUT2D eigenvalue weighted by atomic mass is 32.1. The predicted molar refractivity (Wildman–Crippen MR) is 83.1 cm³/mol. The van der Waals surface area contributed by atoms with E-state index in [9.17, 15) is 0 Å². The summed E-state index contributed by atoms with van der Waals surface area (Å²) in [4.78, 5) is 2.67. The largest absolute Gasteiger partial charge is 0.144 e. The molecule has 0 aliphatic rings. The maximum atomic E-state index is 4.04. The maximum absolute atomic E-state index is 4.04. The van der Waals surface area contributed by atoms with E-state index in [4.69, 9.17) is 0 Å². The molecular weight excluding hydrogens is 260 g/mol. The molecule has 0 fully saturated rings. The summed E-state index contributed by atoms with van der Waals surface area (Å²) in [5.74, 6) is 0. The van der Waals surface area contributed by atoms with Crippen LogP contribution in [-0.4, -0.2) is 9.52 Å². The summed E-state index contributed by atoms with van der Waals surface area (Å²) in [5.41, 5.74) is 2.32. The quantitative estimate of drug-likeness (QED) is 0.748. The van der Waals surface area contributed by atoms with Gasteiger partial charge in [0.15, 0.2) is 0 Å². The molecule has 17 heavy (non-hydrogen) atoms. The summed E-state index contributed by atoms with van der Waals surface area (Å²) < 4.78 is 0. The van der Waals surface area contributed by atoms with Crippen LogP contribution in [0.1, 0.15) is 23.6 Å². The van der Waals surface area contributed by atoms with Crippen molar-refractivity contribution in [3.05, 3.63) is 45.8 Å². The Labute approximate surface area is 113 Å². The van der Waals surface area contributed by atoms with Crippen molar-refractivity contribution in [3.63, 3.8) is 0 Å². The first-order chi connectivity index (χ1) is 8.09. The van der Waals surface area contributed by atoms with Crippen LogP contribution in [0.3, 0.4) is 0 Å². The summed E-state index contributed by atoms with van der Waals surface area (Å²) >= 11 is 3.56. The number of hydrogen-bond donors (Lipinski definition) is 0. The van der Waals surface area contributed by atoms with E-state index < -0.39 is 0 Å². The third-order valence-corrected chi connectivity index (χ3v) is 6.26. The molecule has 3 heteroatoms. The van der Waals surface area contributed by atoms with Gasteiger partial charge in [-0.3, -0.25) is 0 Å². The lowest BCUT2D eigenvalue weighted by Gasteiger charge is -2.04. The zero-order valence-corrected chi connectivity index (χ0v) is 12.7. The van der Waals surface area contributed by atoms with E-state index in [-0.39, 0.29) is 0 Å². The minimum atomic E-state index is 0.708. The minimum absolute atomic E-state index is 0.708. The van der Waals surface area contributed by atoms with Gasteiger partial charge in [-0.2, -0.15) is 0 Å². The summed E-state index contributed by atoms with van der Waals surface area (Å²) in [5, 5.41) is 7.12. The second-order valence-corrected chi connectivity index (χ2v) is 7.17. The zero-order chi connectivity index (χ0) is 12.4. The fraction of sp³-hybridized carbons (Fsp3) is 0.143. The van der Waals surface area contributed by atoms with Crippen LogP contribution in [0.5, 0.6) is 0 Å². The molecule has 0 aliphatic heterocycles. The molecular formula is C14H14S2Si. The third kappa shape index (κ3) is 2.68. The van der Waals surface area contributed by atoms with E-state index in [0.29, 0.717) is 9.52 Å². The highest BCUT2D eigenvalue weighted by Gasteiger charge is 2.11. The molecule has 0 bridgehead atoms. The first-order valence-corrected chi connectivity index (χ1v) is 8.09. The molecule has 0 N–H and O–H groups in total. The summed E-state index contributed by atoms with van der Waals surface area (Å²) in [6, 6.07) is 4.43. The zero-order valence-electron chi connectivity index (χ0n) is 10.0. The van der Waals surface area contributed by atoms with E-state index in [2.05, 4.69) is 49.9 Å². The van der Waals surface area contributed by atoms with Crippen molar-refractivity contribution in [1.82, 2.24) is 0 Å². The average Bonchev–Trinajstić information content (AvgIpc) is 2.86. The summed E-state index contributed by atoms with van der Waals surface area (Å²) in [6.07, 6.45) is 0. The molecule has 2 radical (unpaired) electrons. The Morgan fingerprint density at radius 2 is 1.35 bits per heavy atom. The van der Waals surface area contributed by atoms with Gasteiger partial charge in [-0.1, -0.05) is 25.3 Å². The van der Waals surface area contributed by atoms with Crippen LogP contribution in [0.25, 0.3) is 11.1 Å². The van der Waals surface area contributed by atoms with Gasteiger partial charge < -0.3 is 0 Å². The van der Waals surface area contributed by atoms with E-state index in [1.807, 2.05) is 0 Å². The summed E-state index contributed by atoms with van der Waals surface area (Å²) in [7, 11) is 0.708. The van der Waals surface area contributed by atoms with E-state index >= 15 is 0 Å². The minimum Gasteiger partial charge on any atom is -0.144 e. The molecule has 0 unspecified atom stereocenters. The fourth-order valence-electron chi connectivity index (χ4n) is 1.62. The number of hydrogen-bond acceptors (Lipinski definition) is 2. The van der Waals surface area contributed by atoms with Gasteiger partial charge in [0.05, 0.1) is 0 Å². The van der Waals surface area contributed by atoms with Gasteiger partial charge in [-0.05, 0) is 46.1 Å². The first-order valence-electron chi connectivity index (χ1n) is 5.33. The second kappa shape index (κ2) is 5.17. The van der Waals surface area contributed by atoms with Crippen molar-refractivity contribution < 1.29 is 0 Å². The molecule has 0 aromatic carbocycles. The standard InChI is InChI=1S/C14H14S2Si/c1-9(2)13-11(5-7-15-13)17-12-6-8-16-14(12)10(3)4/h5-8H,1,3H2,2,4H3. The second-order valence-electron chi connectivity index (χ2n) is 4.01. The number of rotatable bonds is 4. The van der Waals surface area contributed by atoms with Crippen molar-refractivity contribution in [3.8, 4) is 0 Å². The van der Waals surface area contributed by atoms with Crippen LogP contribution in [0.2, 0.25) is 0 Å². The van der Waals surface area contributed by atoms with Gasteiger partial charge in [-0.15, -0.1) is 22.7 Å². The van der Waals surface area contributed by atoms with Crippen molar-refractivity contribution >= 4 is 53.7 Å². The Bertz CT molecular complexity index is 510. The lowest BCUT2D eigenvalue weighted by molar-refractivity contribution is 1.76. The van der Waals surface area contributed by atoms with Crippen LogP contribution in [-0.2, 0) is 0 Å². The Morgan fingerprint density at radius 1 is 0.941 bits per heavy atom. The van der Waals surface area contributed by atoms with Crippen LogP contribution >= 0.6 is 22.7 Å². The van der Waals surface area contributed by atoms with Gasteiger partial charge in [0.2, 0.25) is 0 Å². The fourth-order valence-corrected chi connectivity index (χ4v) is 5.27. The number of thiophene rings is 2. The van der Waals surface area contributed by atoms with Crippen molar-refractivity contribution in [1.29, 1.82) is 0 Å². The Kier molecular flexibility index (Phi) is 3.81. The number of allylic oxidation sites excluding steroid dienone is 2. The van der Waals surface area contributed by atoms with Gasteiger partial charge in [-0.25, -0.2) is 0 Å². The molecule has 2 aromatic rings. The Hall–Kier alpha value is -0.903. The molecule has 0 saturated carbocycles. The molecule has 0 atom stereocenters. The topological polar surface area (TPSA) is 0 Å². The molecule has 0 aliphatic carbocycles. The molecule has 0 saturated heterocycles. The molecule has 2 rings (SSSR count). The van der Waals surface area contributed by atoms with Crippen molar-refractivity contribution in [2.45, 2.75) is 13.8 Å². The van der Waals surface area contributed by atoms with E-state index in [1.165, 1.54) is 20.1 Å². The molecule has 2 heterocycles. The van der Waals surface area contributed by atoms with Crippen molar-refractivity contribution in [2.24, 2.45) is 0 Å². The molecule has 0 nitrogen and oxygen atoms in total. The monoisotopic (exact) mass is 274 g/mol. The molecule has 2 aromatic heterocycles. The van der Waals surface area contributed by atoms with Gasteiger partial charge in [0.1, 0.15) is 9.52 Å². The van der Waals surface area contributed by atoms with E-state index in [1.54, 1.807) is 22.7 Å². The normalized spacial score (nSPS) is 10.5. The van der Waals surface area contributed by atoms with Crippen LogP contribution in [0.15, 0.2) is 36.1 Å². The van der Waals surface area contributed by atoms with Gasteiger partial charge >= 0.3 is 0 Å². The van der Waals surface area contributed by atoms with Gasteiger partial charge in [0.25, 0.3) is 0 Å². The highest BCUT2D eigenvalue weighted by Crippen LogP contribution is 2.18. The predicted octanol–water partition coefficient (Wildman–Crippen LogP) is 3.53. The lowest BCUT2D eigenvalue weighted by Crippen LogP contribution is -2.28. The molecule has 0 amide bonds. The van der Waals surface area contributed by atoms with Crippen LogP contribution in [0.4, 0.5) is 0 Å². The highest BCUT2D eigenvalue weighted by molar-refractivity contribution is 7.14. The Balaban J connectivity index is 2.32. The maximum Gasteiger partial charge on any atom is 0.125 e. The van der Waals surface area contributed by atoms with Crippen molar-refractivity contribution in [2.75, 3.05) is 0 Å². The van der Waals surface area contributed by atoms with Gasteiger partial charge in [0, 0.05) is 9.75 Å². The van der Waals surface area contributed by atoms with Crippen LogP contribution < -0.4 is 10.4 Å². The first kappa shape index (κ1) is 12.6.